The number of benzene rings is 2. The molecule has 37 heavy (non-hydrogen) atoms. The van der Waals surface area contributed by atoms with Gasteiger partial charge in [0.1, 0.15) is 17.0 Å². The maximum absolute atomic E-state index is 13.9. The van der Waals surface area contributed by atoms with Gasteiger partial charge in [-0.2, -0.15) is 5.26 Å². The Morgan fingerprint density at radius 3 is 2.43 bits per heavy atom. The number of nitrogens with zero attached hydrogens (tertiary/aromatic N) is 4. The number of thiophene rings is 1. The van der Waals surface area contributed by atoms with Crippen molar-refractivity contribution in [3.05, 3.63) is 85.2 Å². The Labute approximate surface area is 220 Å². The van der Waals surface area contributed by atoms with Crippen LogP contribution in [-0.2, 0) is 27.3 Å². The van der Waals surface area contributed by atoms with Crippen molar-refractivity contribution in [1.29, 1.82) is 5.26 Å². The van der Waals surface area contributed by atoms with Gasteiger partial charge in [0, 0.05) is 22.0 Å². The summed E-state index contributed by atoms with van der Waals surface area (Å²) in [5, 5.41) is 23.5. The lowest BCUT2D eigenvalue weighted by Gasteiger charge is -2.28. The molecule has 3 aliphatic rings. The molecule has 0 N–H and O–H groups in total. The number of halogens is 1. The van der Waals surface area contributed by atoms with Crippen LogP contribution in [-0.4, -0.2) is 22.8 Å². The van der Waals surface area contributed by atoms with Gasteiger partial charge in [0.15, 0.2) is 6.10 Å². The summed E-state index contributed by atoms with van der Waals surface area (Å²) in [4.78, 5) is 46.6. The number of carbonyl (C=O) groups is 2. The second-order valence-electron chi connectivity index (χ2n) is 9.16. The highest BCUT2D eigenvalue weighted by molar-refractivity contribution is 7.17. The zero-order valence-electron chi connectivity index (χ0n) is 19.3. The van der Waals surface area contributed by atoms with Crippen LogP contribution >= 0.6 is 22.9 Å². The SMILES string of the molecule is N#Cc1c(N2C(=O)[C@@H]3[C@H](ON(c4ccc(Cl)cc4)[C@@H]3c3ccc([N+](=O)[O-])cc3)C2=O)sc2c1CCCC2. The van der Waals surface area contributed by atoms with Gasteiger partial charge < -0.3 is 0 Å². The highest BCUT2D eigenvalue weighted by atomic mass is 35.5. The summed E-state index contributed by atoms with van der Waals surface area (Å²) in [6.45, 7) is 0. The van der Waals surface area contributed by atoms with Crippen LogP contribution in [0.2, 0.25) is 5.02 Å². The van der Waals surface area contributed by atoms with Crippen molar-refractivity contribution in [2.24, 2.45) is 5.92 Å². The van der Waals surface area contributed by atoms with Gasteiger partial charge in [-0.15, -0.1) is 11.3 Å². The standard InChI is InChI=1S/C26H19ClN4O5S/c27-15-7-11-16(12-8-15)30-22(14-5-9-17(10-6-14)31(34)35)21-23(36-30)25(33)29(24(21)32)26-19(13-28)18-3-1-2-4-20(18)37-26/h5-12,21-23H,1-4H2/t21-,22+,23-/m0/s1. The summed E-state index contributed by atoms with van der Waals surface area (Å²) in [5.41, 5.74) is 2.40. The van der Waals surface area contributed by atoms with Gasteiger partial charge in [-0.3, -0.25) is 24.5 Å². The average molecular weight is 535 g/mol. The first kappa shape index (κ1) is 23.6. The lowest BCUT2D eigenvalue weighted by molar-refractivity contribution is -0.384. The van der Waals surface area contributed by atoms with Crippen molar-refractivity contribution >= 4 is 51.1 Å². The van der Waals surface area contributed by atoms with Crippen LogP contribution in [0.15, 0.2) is 48.5 Å². The third-order valence-corrected chi connectivity index (χ3v) is 8.64. The Bertz CT molecular complexity index is 1480. The molecule has 1 aliphatic carbocycles. The zero-order chi connectivity index (χ0) is 25.8. The van der Waals surface area contributed by atoms with E-state index in [4.69, 9.17) is 16.4 Å². The molecule has 2 saturated heterocycles. The fraction of sp³-hybridized carbons (Fsp3) is 0.269. The molecule has 0 radical (unpaired) electrons. The molecule has 3 aromatic rings. The molecule has 186 valence electrons. The maximum atomic E-state index is 13.9. The number of nitro benzene ring substituents is 1. The number of nitriles is 1. The molecule has 0 unspecified atom stereocenters. The van der Waals surface area contributed by atoms with Crippen LogP contribution in [0.5, 0.6) is 0 Å². The van der Waals surface area contributed by atoms with Crippen LogP contribution in [0.1, 0.15) is 40.5 Å². The fourth-order valence-electron chi connectivity index (χ4n) is 5.38. The van der Waals surface area contributed by atoms with Crippen LogP contribution in [0.25, 0.3) is 0 Å². The Morgan fingerprint density at radius 2 is 1.76 bits per heavy atom. The van der Waals surface area contributed by atoms with Gasteiger partial charge in [0.2, 0.25) is 5.91 Å². The van der Waals surface area contributed by atoms with Crippen molar-refractivity contribution in [2.45, 2.75) is 37.8 Å². The quantitative estimate of drug-likeness (QED) is 0.259. The third kappa shape index (κ3) is 3.70. The number of non-ortho nitro benzene ring substituents is 1. The number of fused-ring (bicyclic) bond motifs is 2. The third-order valence-electron chi connectivity index (χ3n) is 7.11. The molecular formula is C26H19ClN4O5S. The molecule has 2 amide bonds. The van der Waals surface area contributed by atoms with Gasteiger partial charge in [-0.05, 0) is 61.1 Å². The summed E-state index contributed by atoms with van der Waals surface area (Å²) in [5.74, 6) is -1.88. The normalized spacial score (nSPS) is 22.6. The van der Waals surface area contributed by atoms with E-state index in [0.29, 0.717) is 26.8 Å². The number of hydroxylamine groups is 1. The molecule has 11 heteroatoms. The second kappa shape index (κ2) is 8.95. The van der Waals surface area contributed by atoms with Crippen LogP contribution in [0.3, 0.4) is 0 Å². The van der Waals surface area contributed by atoms with Crippen molar-refractivity contribution < 1.29 is 19.3 Å². The largest absolute Gasteiger partial charge is 0.273 e. The molecule has 0 bridgehead atoms. The summed E-state index contributed by atoms with van der Waals surface area (Å²) in [7, 11) is 0. The van der Waals surface area contributed by atoms with Gasteiger partial charge in [-0.25, -0.2) is 9.96 Å². The predicted octanol–water partition coefficient (Wildman–Crippen LogP) is 5.11. The first-order valence-corrected chi connectivity index (χ1v) is 13.0. The molecule has 3 atom stereocenters. The van der Waals surface area contributed by atoms with E-state index in [1.807, 2.05) is 0 Å². The minimum absolute atomic E-state index is 0.0875. The van der Waals surface area contributed by atoms with E-state index >= 15 is 0 Å². The Balaban J connectivity index is 1.43. The fourth-order valence-corrected chi connectivity index (χ4v) is 6.86. The Morgan fingerprint density at radius 1 is 1.05 bits per heavy atom. The molecule has 1 aromatic heterocycles. The molecule has 0 saturated carbocycles. The first-order chi connectivity index (χ1) is 17.9. The van der Waals surface area contributed by atoms with Crippen LogP contribution < -0.4 is 9.96 Å². The predicted molar refractivity (Wildman–Crippen MR) is 136 cm³/mol. The van der Waals surface area contributed by atoms with Gasteiger partial charge in [0.05, 0.1) is 22.2 Å². The van der Waals surface area contributed by atoms with E-state index in [1.54, 1.807) is 36.4 Å². The van der Waals surface area contributed by atoms with E-state index in [9.17, 15) is 25.0 Å². The van der Waals surface area contributed by atoms with Crippen molar-refractivity contribution in [3.8, 4) is 6.07 Å². The van der Waals surface area contributed by atoms with Crippen LogP contribution in [0, 0.1) is 27.4 Å². The monoisotopic (exact) mass is 534 g/mol. The topological polar surface area (TPSA) is 117 Å². The van der Waals surface area contributed by atoms with Gasteiger partial charge in [-0.1, -0.05) is 23.7 Å². The highest BCUT2D eigenvalue weighted by Gasteiger charge is 2.61. The van der Waals surface area contributed by atoms with Crippen LogP contribution in [0.4, 0.5) is 16.4 Å². The Hall–Kier alpha value is -3.78. The van der Waals surface area contributed by atoms with E-state index in [-0.39, 0.29) is 5.69 Å². The first-order valence-electron chi connectivity index (χ1n) is 11.8. The molecule has 2 aliphatic heterocycles. The second-order valence-corrected chi connectivity index (χ2v) is 10.7. The number of aryl methyl sites for hydroxylation is 1. The maximum Gasteiger partial charge on any atom is 0.269 e. The average Bonchev–Trinajstić information content (AvgIpc) is 3.54. The number of carbonyl (C=O) groups excluding carboxylic acids is 2. The number of amides is 2. The number of hydrogen-bond donors (Lipinski definition) is 0. The lowest BCUT2D eigenvalue weighted by Crippen LogP contribution is -2.37. The molecule has 0 spiro atoms. The van der Waals surface area contributed by atoms with Gasteiger partial charge >= 0.3 is 0 Å². The smallest absolute Gasteiger partial charge is 0.269 e. The summed E-state index contributed by atoms with van der Waals surface area (Å²) < 4.78 is 0. The molecule has 2 aromatic carbocycles. The van der Waals surface area contributed by atoms with E-state index in [0.717, 1.165) is 41.0 Å². The van der Waals surface area contributed by atoms with Crippen molar-refractivity contribution in [2.75, 3.05) is 9.96 Å². The molecule has 3 heterocycles. The Kier molecular flexibility index (Phi) is 5.71. The van der Waals surface area contributed by atoms with E-state index in [1.165, 1.54) is 28.5 Å². The van der Waals surface area contributed by atoms with E-state index < -0.39 is 34.8 Å². The summed E-state index contributed by atoms with van der Waals surface area (Å²) >= 11 is 7.39. The lowest BCUT2D eigenvalue weighted by atomic mass is 9.90. The molecule has 2 fully saturated rings. The number of hydrogen-bond acceptors (Lipinski definition) is 8. The van der Waals surface area contributed by atoms with Crippen molar-refractivity contribution in [1.82, 2.24) is 0 Å². The van der Waals surface area contributed by atoms with Gasteiger partial charge in [0.25, 0.3) is 11.6 Å². The summed E-state index contributed by atoms with van der Waals surface area (Å²) in [6.07, 6.45) is 2.45. The summed E-state index contributed by atoms with van der Waals surface area (Å²) in [6, 6.07) is 14.1. The number of imide groups is 1. The minimum atomic E-state index is -1.10. The molecule has 9 nitrogen and oxygen atoms in total. The number of rotatable bonds is 4. The number of nitro groups is 1. The zero-order valence-corrected chi connectivity index (χ0v) is 20.9. The highest BCUT2D eigenvalue weighted by Crippen LogP contribution is 2.50. The minimum Gasteiger partial charge on any atom is -0.273 e. The van der Waals surface area contributed by atoms with Crippen molar-refractivity contribution in [3.63, 3.8) is 0 Å². The van der Waals surface area contributed by atoms with E-state index in [2.05, 4.69) is 6.07 Å². The molecule has 6 rings (SSSR count). The number of anilines is 2. The molecular weight excluding hydrogens is 516 g/mol.